The number of benzene rings is 1. The van der Waals surface area contributed by atoms with Crippen molar-refractivity contribution in [1.82, 2.24) is 9.97 Å². The number of rotatable bonds is 2. The van der Waals surface area contributed by atoms with Crippen molar-refractivity contribution < 1.29 is 27.5 Å². The van der Waals surface area contributed by atoms with Crippen molar-refractivity contribution in [2.24, 2.45) is 0 Å². The number of pyridine rings is 2. The maximum absolute atomic E-state index is 14.1. The lowest BCUT2D eigenvalue weighted by molar-refractivity contribution is -0.192. The van der Waals surface area contributed by atoms with Gasteiger partial charge in [-0.05, 0) is 24.3 Å². The highest BCUT2D eigenvalue weighted by molar-refractivity contribution is 5.80. The molecule has 0 spiro atoms. The molecule has 6 nitrogen and oxygen atoms in total. The van der Waals surface area contributed by atoms with Crippen LogP contribution >= 0.6 is 0 Å². The van der Waals surface area contributed by atoms with Crippen molar-refractivity contribution in [2.75, 3.05) is 5.73 Å². The standard InChI is InChI=1S/C17H11FN4.C2HF3O2/c18-15-4-2-1-3-12(15)13-9-16(11-5-7-21-8-6-11)22-17(20)14(13)10-19;3-2(4,5)1(6)7/h1-9H,(H2,20,22);(H,6,7). The zero-order valence-corrected chi connectivity index (χ0v) is 14.5. The highest BCUT2D eigenvalue weighted by atomic mass is 19.4. The molecule has 29 heavy (non-hydrogen) atoms. The van der Waals surface area contributed by atoms with Crippen LogP contribution in [-0.2, 0) is 4.79 Å². The van der Waals surface area contributed by atoms with Crippen molar-refractivity contribution >= 4 is 11.8 Å². The summed E-state index contributed by atoms with van der Waals surface area (Å²) in [5, 5.41) is 16.4. The van der Waals surface area contributed by atoms with Gasteiger partial charge in [0.1, 0.15) is 23.3 Å². The summed E-state index contributed by atoms with van der Waals surface area (Å²) < 4.78 is 45.8. The molecule has 0 amide bonds. The molecule has 0 fully saturated rings. The summed E-state index contributed by atoms with van der Waals surface area (Å²) in [7, 11) is 0. The van der Waals surface area contributed by atoms with Gasteiger partial charge in [0, 0.05) is 29.1 Å². The molecule has 2 aromatic heterocycles. The number of aliphatic carboxylic acids is 1. The number of carbonyl (C=O) groups is 1. The number of nitrogen functional groups attached to an aromatic ring is 1. The quantitative estimate of drug-likeness (QED) is 0.624. The third-order valence-corrected chi connectivity index (χ3v) is 3.54. The first-order valence-corrected chi connectivity index (χ1v) is 7.81. The Morgan fingerprint density at radius 2 is 1.69 bits per heavy atom. The Bertz CT molecular complexity index is 1060. The van der Waals surface area contributed by atoms with Crippen LogP contribution in [-0.4, -0.2) is 27.2 Å². The monoisotopic (exact) mass is 404 g/mol. The van der Waals surface area contributed by atoms with E-state index in [0.29, 0.717) is 16.8 Å². The van der Waals surface area contributed by atoms with Crippen LogP contribution in [0, 0.1) is 17.1 Å². The van der Waals surface area contributed by atoms with Crippen LogP contribution in [0.5, 0.6) is 0 Å². The lowest BCUT2D eigenvalue weighted by Crippen LogP contribution is -2.21. The molecule has 3 rings (SSSR count). The average Bonchev–Trinajstić information content (AvgIpc) is 2.68. The molecule has 0 radical (unpaired) electrons. The molecular formula is C19H12F4N4O2. The Labute approximate surface area is 161 Å². The van der Waals surface area contributed by atoms with Gasteiger partial charge in [-0.1, -0.05) is 18.2 Å². The molecule has 3 aromatic rings. The van der Waals surface area contributed by atoms with Crippen LogP contribution in [0.1, 0.15) is 5.56 Å². The molecule has 10 heteroatoms. The SMILES string of the molecule is N#Cc1c(-c2ccccc2F)cc(-c2ccncc2)nc1N.O=C(O)C(F)(F)F. The molecule has 0 saturated heterocycles. The summed E-state index contributed by atoms with van der Waals surface area (Å²) in [5.74, 6) is -3.09. The van der Waals surface area contributed by atoms with E-state index in [1.165, 1.54) is 6.07 Å². The van der Waals surface area contributed by atoms with E-state index < -0.39 is 18.0 Å². The smallest absolute Gasteiger partial charge is 0.475 e. The van der Waals surface area contributed by atoms with Crippen molar-refractivity contribution in [2.45, 2.75) is 6.18 Å². The number of nitrogens with two attached hydrogens (primary N) is 1. The van der Waals surface area contributed by atoms with Gasteiger partial charge in [-0.2, -0.15) is 18.4 Å². The van der Waals surface area contributed by atoms with E-state index in [0.717, 1.165) is 5.56 Å². The van der Waals surface area contributed by atoms with Crippen LogP contribution in [0.4, 0.5) is 23.4 Å². The Morgan fingerprint density at radius 3 is 2.21 bits per heavy atom. The van der Waals surface area contributed by atoms with E-state index in [4.69, 9.17) is 15.6 Å². The topological polar surface area (TPSA) is 113 Å². The van der Waals surface area contributed by atoms with Crippen LogP contribution in [0.2, 0.25) is 0 Å². The molecule has 0 aliphatic carbocycles. The summed E-state index contributed by atoms with van der Waals surface area (Å²) in [6.07, 6.45) is -1.82. The minimum absolute atomic E-state index is 0.0788. The van der Waals surface area contributed by atoms with Crippen molar-refractivity contribution in [3.63, 3.8) is 0 Å². The summed E-state index contributed by atoms with van der Waals surface area (Å²) in [6.45, 7) is 0. The number of aromatic nitrogens is 2. The van der Waals surface area contributed by atoms with Gasteiger partial charge in [-0.15, -0.1) is 0 Å². The number of hydrogen-bond acceptors (Lipinski definition) is 5. The van der Waals surface area contributed by atoms with E-state index in [-0.39, 0.29) is 11.4 Å². The largest absolute Gasteiger partial charge is 0.490 e. The zero-order chi connectivity index (χ0) is 21.6. The van der Waals surface area contributed by atoms with E-state index in [1.807, 2.05) is 6.07 Å². The van der Waals surface area contributed by atoms with Crippen LogP contribution in [0.3, 0.4) is 0 Å². The number of nitriles is 1. The van der Waals surface area contributed by atoms with Gasteiger partial charge in [0.2, 0.25) is 0 Å². The zero-order valence-electron chi connectivity index (χ0n) is 14.5. The van der Waals surface area contributed by atoms with Gasteiger partial charge < -0.3 is 10.8 Å². The number of carboxylic acid groups (broad SMARTS) is 1. The number of halogens is 4. The van der Waals surface area contributed by atoms with E-state index >= 15 is 0 Å². The van der Waals surface area contributed by atoms with Gasteiger partial charge in [-0.25, -0.2) is 14.2 Å². The van der Waals surface area contributed by atoms with Gasteiger partial charge in [0.25, 0.3) is 0 Å². The highest BCUT2D eigenvalue weighted by Gasteiger charge is 2.38. The first-order valence-electron chi connectivity index (χ1n) is 7.81. The number of carboxylic acids is 1. The normalized spacial score (nSPS) is 10.4. The third-order valence-electron chi connectivity index (χ3n) is 3.54. The van der Waals surface area contributed by atoms with Gasteiger partial charge in [0.05, 0.1) is 5.69 Å². The summed E-state index contributed by atoms with van der Waals surface area (Å²) in [6, 6.07) is 13.5. The lowest BCUT2D eigenvalue weighted by atomic mass is 9.98. The van der Waals surface area contributed by atoms with Crippen molar-refractivity contribution in [1.29, 1.82) is 5.26 Å². The van der Waals surface area contributed by atoms with Gasteiger partial charge in [-0.3, -0.25) is 4.98 Å². The fourth-order valence-corrected chi connectivity index (χ4v) is 2.24. The second-order valence-electron chi connectivity index (χ2n) is 5.45. The second kappa shape index (κ2) is 8.79. The van der Waals surface area contributed by atoms with E-state index in [1.54, 1.807) is 48.8 Å². The molecule has 0 aliphatic rings. The average molecular weight is 404 g/mol. The number of alkyl halides is 3. The van der Waals surface area contributed by atoms with Crippen LogP contribution < -0.4 is 5.73 Å². The number of nitrogens with zero attached hydrogens (tertiary/aromatic N) is 3. The molecule has 1 aromatic carbocycles. The Morgan fingerprint density at radius 1 is 1.10 bits per heavy atom. The Balaban J connectivity index is 0.000000370. The predicted octanol–water partition coefficient (Wildman–Crippen LogP) is 4.04. The maximum atomic E-state index is 14.1. The van der Waals surface area contributed by atoms with E-state index in [2.05, 4.69) is 9.97 Å². The lowest BCUT2D eigenvalue weighted by Gasteiger charge is -2.10. The fraction of sp³-hybridized carbons (Fsp3) is 0.0526. The third kappa shape index (κ3) is 5.26. The molecule has 0 aliphatic heterocycles. The minimum atomic E-state index is -5.08. The first kappa shape index (κ1) is 21.3. The minimum Gasteiger partial charge on any atom is -0.475 e. The van der Waals surface area contributed by atoms with Crippen molar-refractivity contribution in [3.05, 3.63) is 66.2 Å². The highest BCUT2D eigenvalue weighted by Crippen LogP contribution is 2.32. The van der Waals surface area contributed by atoms with Gasteiger partial charge >= 0.3 is 12.1 Å². The molecule has 0 atom stereocenters. The van der Waals surface area contributed by atoms with Crippen LogP contribution in [0.25, 0.3) is 22.4 Å². The predicted molar refractivity (Wildman–Crippen MR) is 95.7 cm³/mol. The number of anilines is 1. The Kier molecular flexibility index (Phi) is 6.46. The molecular weight excluding hydrogens is 392 g/mol. The van der Waals surface area contributed by atoms with Crippen molar-refractivity contribution in [3.8, 4) is 28.5 Å². The summed E-state index contributed by atoms with van der Waals surface area (Å²) in [5.41, 5.74) is 8.17. The van der Waals surface area contributed by atoms with E-state index in [9.17, 15) is 22.8 Å². The summed E-state index contributed by atoms with van der Waals surface area (Å²) >= 11 is 0. The maximum Gasteiger partial charge on any atom is 0.490 e. The molecule has 0 bridgehead atoms. The fourth-order valence-electron chi connectivity index (χ4n) is 2.24. The molecule has 0 unspecified atom stereocenters. The first-order chi connectivity index (χ1) is 13.6. The molecule has 148 valence electrons. The molecule has 0 saturated carbocycles. The molecule has 2 heterocycles. The summed E-state index contributed by atoms with van der Waals surface area (Å²) in [4.78, 5) is 17.1. The van der Waals surface area contributed by atoms with Gasteiger partial charge in [0.15, 0.2) is 0 Å². The number of hydrogen-bond donors (Lipinski definition) is 2. The van der Waals surface area contributed by atoms with Crippen LogP contribution in [0.15, 0.2) is 54.9 Å². The Hall–Kier alpha value is -4.00. The molecule has 3 N–H and O–H groups in total. The second-order valence-corrected chi connectivity index (χ2v) is 5.45.